The molecular weight excluding hydrogens is 504 g/mol. The minimum Gasteiger partial charge on any atom is -0.492 e. The molecule has 8 nitrogen and oxygen atoms in total. The summed E-state index contributed by atoms with van der Waals surface area (Å²) in [6.45, 7) is 9.49. The fourth-order valence-electron chi connectivity index (χ4n) is 4.44. The van der Waals surface area contributed by atoms with Crippen LogP contribution in [0.4, 0.5) is 5.69 Å². The highest BCUT2D eigenvalue weighted by Gasteiger charge is 2.25. The first kappa shape index (κ1) is 25.3. The van der Waals surface area contributed by atoms with Crippen LogP contribution in [-0.2, 0) is 5.75 Å². The molecule has 0 spiro atoms. The molecule has 4 aromatic rings. The molecule has 2 aromatic heterocycles. The molecular formula is C27H30N6O2S2. The first-order chi connectivity index (χ1) is 18.0. The smallest absolute Gasteiger partial charge is 0.273 e. The van der Waals surface area contributed by atoms with Crippen molar-refractivity contribution in [2.45, 2.75) is 31.7 Å². The van der Waals surface area contributed by atoms with Crippen LogP contribution in [0.3, 0.4) is 0 Å². The number of thiazole rings is 1. The molecule has 0 N–H and O–H groups in total. The normalized spacial score (nSPS) is 13.7. The number of aromatic nitrogens is 4. The van der Waals surface area contributed by atoms with E-state index in [4.69, 9.17) is 4.74 Å². The van der Waals surface area contributed by atoms with Crippen molar-refractivity contribution in [3.8, 4) is 11.4 Å². The van der Waals surface area contributed by atoms with E-state index >= 15 is 0 Å². The van der Waals surface area contributed by atoms with E-state index in [1.807, 2.05) is 54.5 Å². The summed E-state index contributed by atoms with van der Waals surface area (Å²) in [5.41, 5.74) is 3.83. The molecule has 192 valence electrons. The number of hydrogen-bond acceptors (Lipinski definition) is 8. The van der Waals surface area contributed by atoms with Crippen molar-refractivity contribution < 1.29 is 9.53 Å². The number of thioether (sulfide) groups is 1. The maximum absolute atomic E-state index is 13.2. The van der Waals surface area contributed by atoms with Gasteiger partial charge in [0, 0.05) is 31.6 Å². The van der Waals surface area contributed by atoms with Crippen LogP contribution in [0.5, 0.6) is 5.75 Å². The third kappa shape index (κ3) is 5.50. The summed E-state index contributed by atoms with van der Waals surface area (Å²) >= 11 is 3.10. The quantitative estimate of drug-likeness (QED) is 0.295. The van der Waals surface area contributed by atoms with E-state index in [9.17, 15) is 4.79 Å². The van der Waals surface area contributed by atoms with E-state index in [0.29, 0.717) is 31.1 Å². The van der Waals surface area contributed by atoms with E-state index in [-0.39, 0.29) is 5.91 Å². The van der Waals surface area contributed by atoms with Gasteiger partial charge >= 0.3 is 0 Å². The first-order valence-electron chi connectivity index (χ1n) is 12.4. The van der Waals surface area contributed by atoms with E-state index in [1.54, 1.807) is 11.8 Å². The Kier molecular flexibility index (Phi) is 7.76. The lowest BCUT2D eigenvalue weighted by atomic mass is 10.2. The summed E-state index contributed by atoms with van der Waals surface area (Å²) in [6, 6.07) is 16.3. The summed E-state index contributed by atoms with van der Waals surface area (Å²) < 4.78 is 7.86. The highest BCUT2D eigenvalue weighted by atomic mass is 32.2. The number of carbonyl (C=O) groups excluding carboxylic acids is 1. The van der Waals surface area contributed by atoms with Crippen LogP contribution in [0.1, 0.15) is 33.8 Å². The van der Waals surface area contributed by atoms with E-state index in [2.05, 4.69) is 49.8 Å². The molecule has 1 amide bonds. The van der Waals surface area contributed by atoms with Crippen molar-refractivity contribution in [3.05, 3.63) is 76.0 Å². The Hall–Kier alpha value is -3.37. The molecule has 3 heterocycles. The molecule has 1 fully saturated rings. The number of aryl methyl sites for hydroxylation is 2. The number of rotatable bonds is 8. The van der Waals surface area contributed by atoms with Gasteiger partial charge in [-0.05, 0) is 44.5 Å². The van der Waals surface area contributed by atoms with Crippen LogP contribution in [-0.4, -0.2) is 63.3 Å². The summed E-state index contributed by atoms with van der Waals surface area (Å²) in [5, 5.41) is 12.2. The van der Waals surface area contributed by atoms with Crippen LogP contribution in [0, 0.1) is 13.8 Å². The van der Waals surface area contributed by atoms with Crippen molar-refractivity contribution in [2.24, 2.45) is 0 Å². The fourth-order valence-corrected chi connectivity index (χ4v) is 6.21. The zero-order chi connectivity index (χ0) is 25.8. The zero-order valence-corrected chi connectivity index (χ0v) is 22.9. The molecule has 0 atom stereocenters. The number of ether oxygens (including phenoxy) is 1. The predicted molar refractivity (Wildman–Crippen MR) is 148 cm³/mol. The largest absolute Gasteiger partial charge is 0.492 e. The Morgan fingerprint density at radius 2 is 1.73 bits per heavy atom. The number of piperazine rings is 1. The molecule has 1 aliphatic heterocycles. The van der Waals surface area contributed by atoms with Crippen molar-refractivity contribution in [1.82, 2.24) is 24.6 Å². The second kappa shape index (κ2) is 11.4. The maximum atomic E-state index is 13.2. The number of nitrogens with zero attached hydrogens (tertiary/aromatic N) is 6. The van der Waals surface area contributed by atoms with E-state index < -0.39 is 0 Å². The Bertz CT molecular complexity index is 1380. The summed E-state index contributed by atoms with van der Waals surface area (Å²) in [6.07, 6.45) is 0. The molecule has 10 heteroatoms. The second-order valence-electron chi connectivity index (χ2n) is 8.75. The van der Waals surface area contributed by atoms with Gasteiger partial charge in [-0.3, -0.25) is 9.36 Å². The van der Waals surface area contributed by atoms with Gasteiger partial charge in [0.05, 0.1) is 23.7 Å². The molecule has 2 aromatic carbocycles. The standard InChI is InChI=1S/C27H30N6O2S2/c1-4-35-24-12-8-7-11-23(24)31-13-15-32(16-14-31)26(34)21-17-36-25(28-21)18-37-27-30-29-20(3)33(27)22-10-6-5-9-19(22)2/h5-12,17H,4,13-16,18H2,1-3H3. The molecule has 0 unspecified atom stereocenters. The van der Waals surface area contributed by atoms with E-state index in [1.165, 1.54) is 11.3 Å². The zero-order valence-electron chi connectivity index (χ0n) is 21.3. The lowest BCUT2D eigenvalue weighted by Crippen LogP contribution is -2.49. The highest BCUT2D eigenvalue weighted by Crippen LogP contribution is 2.30. The number of carbonyl (C=O) groups is 1. The molecule has 0 saturated carbocycles. The first-order valence-corrected chi connectivity index (χ1v) is 14.2. The topological polar surface area (TPSA) is 76.4 Å². The van der Waals surface area contributed by atoms with Gasteiger partial charge in [0.25, 0.3) is 5.91 Å². The lowest BCUT2D eigenvalue weighted by molar-refractivity contribution is 0.0741. The average molecular weight is 535 g/mol. The monoisotopic (exact) mass is 534 g/mol. The average Bonchev–Trinajstić information content (AvgIpc) is 3.54. The lowest BCUT2D eigenvalue weighted by Gasteiger charge is -2.36. The summed E-state index contributed by atoms with van der Waals surface area (Å²) in [7, 11) is 0. The Balaban J connectivity index is 1.20. The van der Waals surface area contributed by atoms with Gasteiger partial charge in [-0.25, -0.2) is 4.98 Å². The molecule has 0 aliphatic carbocycles. The third-order valence-electron chi connectivity index (χ3n) is 6.32. The molecule has 0 radical (unpaired) electrons. The van der Waals surface area contributed by atoms with Gasteiger partial charge < -0.3 is 14.5 Å². The second-order valence-corrected chi connectivity index (χ2v) is 10.6. The summed E-state index contributed by atoms with van der Waals surface area (Å²) in [4.78, 5) is 22.0. The van der Waals surface area contributed by atoms with Gasteiger partial charge in [-0.15, -0.1) is 21.5 Å². The molecule has 0 bridgehead atoms. The minimum atomic E-state index is -0.0100. The third-order valence-corrected chi connectivity index (χ3v) is 8.29. The van der Waals surface area contributed by atoms with Crippen LogP contribution in [0.15, 0.2) is 59.1 Å². The Labute approximate surface area is 225 Å². The van der Waals surface area contributed by atoms with Crippen molar-refractivity contribution in [3.63, 3.8) is 0 Å². The Morgan fingerprint density at radius 3 is 2.49 bits per heavy atom. The van der Waals surface area contributed by atoms with Gasteiger partial charge in [0.2, 0.25) is 0 Å². The fraction of sp³-hybridized carbons (Fsp3) is 0.333. The number of benzene rings is 2. The SMILES string of the molecule is CCOc1ccccc1N1CCN(C(=O)c2csc(CSc3nnc(C)n3-c3ccccc3C)n2)CC1. The molecule has 1 saturated heterocycles. The van der Waals surface area contributed by atoms with Gasteiger partial charge in [0.15, 0.2) is 5.16 Å². The number of para-hydroxylation sites is 3. The van der Waals surface area contributed by atoms with Crippen molar-refractivity contribution in [2.75, 3.05) is 37.7 Å². The highest BCUT2D eigenvalue weighted by molar-refractivity contribution is 7.98. The van der Waals surface area contributed by atoms with Crippen LogP contribution in [0.25, 0.3) is 5.69 Å². The number of anilines is 1. The number of amides is 1. The van der Waals surface area contributed by atoms with Crippen molar-refractivity contribution in [1.29, 1.82) is 0 Å². The maximum Gasteiger partial charge on any atom is 0.273 e. The van der Waals surface area contributed by atoms with Gasteiger partial charge in [-0.2, -0.15) is 0 Å². The Morgan fingerprint density at radius 1 is 1.00 bits per heavy atom. The minimum absolute atomic E-state index is 0.0100. The predicted octanol–water partition coefficient (Wildman–Crippen LogP) is 4.99. The molecule has 1 aliphatic rings. The van der Waals surface area contributed by atoms with Crippen LogP contribution >= 0.6 is 23.1 Å². The van der Waals surface area contributed by atoms with Gasteiger partial charge in [-0.1, -0.05) is 42.1 Å². The van der Waals surface area contributed by atoms with Crippen LogP contribution < -0.4 is 9.64 Å². The molecule has 37 heavy (non-hydrogen) atoms. The number of hydrogen-bond donors (Lipinski definition) is 0. The van der Waals surface area contributed by atoms with Gasteiger partial charge in [0.1, 0.15) is 22.3 Å². The van der Waals surface area contributed by atoms with E-state index in [0.717, 1.165) is 51.8 Å². The molecule has 5 rings (SSSR count). The summed E-state index contributed by atoms with van der Waals surface area (Å²) in [5.74, 6) is 2.35. The van der Waals surface area contributed by atoms with Crippen molar-refractivity contribution >= 4 is 34.7 Å². The van der Waals surface area contributed by atoms with Crippen LogP contribution in [0.2, 0.25) is 0 Å².